The largest absolute Gasteiger partial charge is 0.457 e. The molecular weight excluding hydrogens is 954 g/mol. The Morgan fingerprint density at radius 1 is 0.649 bits per heavy atom. The average molecular weight is 1020 g/mol. The van der Waals surface area contributed by atoms with E-state index in [1.54, 1.807) is 49.6 Å². The van der Waals surface area contributed by atoms with Gasteiger partial charge in [-0.05, 0) is 61.4 Å². The molecule has 0 saturated carbocycles. The van der Waals surface area contributed by atoms with Crippen LogP contribution in [0.15, 0.2) is 122 Å². The smallest absolute Gasteiger partial charge is 0.315 e. The van der Waals surface area contributed by atoms with Crippen molar-refractivity contribution in [3.8, 4) is 0 Å². The van der Waals surface area contributed by atoms with Crippen LogP contribution in [-0.4, -0.2) is 99.9 Å². The number of carbonyl (C=O) groups is 2. The third-order valence-corrected chi connectivity index (χ3v) is 7.58. The summed E-state index contributed by atoms with van der Waals surface area (Å²) in [5, 5.41) is 26.3. The number of rotatable bonds is 8. The number of fused-ring (bicyclic) bond motifs is 1. The van der Waals surface area contributed by atoms with Gasteiger partial charge in [-0.15, -0.1) is 0 Å². The van der Waals surface area contributed by atoms with Crippen molar-refractivity contribution in [3.05, 3.63) is 122 Å². The molecule has 3 amide bonds. The van der Waals surface area contributed by atoms with Crippen molar-refractivity contribution in [2.45, 2.75) is 55.7 Å². The van der Waals surface area contributed by atoms with Gasteiger partial charge in [0.2, 0.25) is 5.91 Å². The summed E-state index contributed by atoms with van der Waals surface area (Å²) in [6, 6.07) is 23.3. The van der Waals surface area contributed by atoms with Crippen LogP contribution in [0.2, 0.25) is 0 Å². The van der Waals surface area contributed by atoms with Gasteiger partial charge in [0.1, 0.15) is 0 Å². The van der Waals surface area contributed by atoms with Crippen molar-refractivity contribution in [1.29, 1.82) is 0 Å². The SMILES string of the molecule is O.O.O.O.O=C(CCCC[C@@H]1SC[C@@H]2NC(=O)N[C@@H]21)NCCC(O)O.[Co].[Co].[Co].[Co].[OH3+].[OH3+].[OH3+].[OH3+].c1ccncc1.c1ccncc1.c1ccncc1.c1ccncc1. The number of hydrogen-bond acceptors (Lipinski definition) is 9. The molecular formula is C33H63Co4N7O12S+4. The van der Waals surface area contributed by atoms with Crippen molar-refractivity contribution in [2.24, 2.45) is 0 Å². The first-order valence-corrected chi connectivity index (χ1v) is 15.8. The van der Waals surface area contributed by atoms with E-state index in [0.717, 1.165) is 25.0 Å². The summed E-state index contributed by atoms with van der Waals surface area (Å²) in [6.07, 6.45) is 16.0. The number of aliphatic hydroxyl groups excluding tert-OH is 1. The number of unbranched alkanes of at least 4 members (excludes halogenated alkanes) is 1. The zero-order valence-corrected chi connectivity index (χ0v) is 35.8. The van der Waals surface area contributed by atoms with Crippen LogP contribution in [0.5, 0.6) is 0 Å². The van der Waals surface area contributed by atoms with Crippen LogP contribution < -0.4 is 16.0 Å². The Kier molecular flexibility index (Phi) is 83.2. The molecule has 0 spiro atoms. The quantitative estimate of drug-likeness (QED) is 0.0515. The van der Waals surface area contributed by atoms with Crippen LogP contribution in [0.4, 0.5) is 4.79 Å². The Labute approximate surface area is 378 Å². The molecule has 0 aromatic carbocycles. The number of nitrogens with zero attached hydrogens (tertiary/aromatic N) is 4. The fraction of sp³-hybridized carbons (Fsp3) is 0.333. The van der Waals surface area contributed by atoms with E-state index in [2.05, 4.69) is 35.9 Å². The molecule has 2 saturated heterocycles. The number of aliphatic hydroxyl groups is 2. The van der Waals surface area contributed by atoms with E-state index in [-0.39, 0.29) is 148 Å². The Hall–Kier alpha value is -2.68. The number of carbonyl (C=O) groups excluding carboxylic acids is 2. The second-order valence-electron chi connectivity index (χ2n) is 9.59. The molecule has 57 heavy (non-hydrogen) atoms. The first-order chi connectivity index (χ1) is 22.1. The minimum absolute atomic E-state index is 0. The topological polar surface area (TPSA) is 420 Å². The third kappa shape index (κ3) is 45.9. The summed E-state index contributed by atoms with van der Waals surface area (Å²) in [7, 11) is 0. The maximum atomic E-state index is 11.5. The van der Waals surface area contributed by atoms with Crippen LogP contribution >= 0.6 is 11.8 Å². The first-order valence-electron chi connectivity index (χ1n) is 14.8. The molecule has 2 fully saturated rings. The monoisotopic (exact) mass is 1020 g/mol. The Balaban J connectivity index is -0.0000000553. The molecule has 4 radical (unpaired) electrons. The molecule has 4 aromatic heterocycles. The van der Waals surface area contributed by atoms with Crippen LogP contribution in [-0.2, 0) is 93.8 Å². The van der Waals surface area contributed by atoms with Gasteiger partial charge in [0, 0.05) is 147 Å². The Morgan fingerprint density at radius 3 is 1.32 bits per heavy atom. The zero-order chi connectivity index (χ0) is 32.2. The van der Waals surface area contributed by atoms with E-state index in [1.807, 2.05) is 84.6 Å². The van der Waals surface area contributed by atoms with Gasteiger partial charge >= 0.3 is 6.03 Å². The third-order valence-electron chi connectivity index (χ3n) is 6.07. The summed E-state index contributed by atoms with van der Waals surface area (Å²) in [5.41, 5.74) is 0. The van der Waals surface area contributed by atoms with Crippen molar-refractivity contribution >= 4 is 23.7 Å². The van der Waals surface area contributed by atoms with Crippen molar-refractivity contribution in [2.75, 3.05) is 12.3 Å². The molecule has 6 rings (SSSR count). The summed E-state index contributed by atoms with van der Waals surface area (Å²) >= 11 is 1.88. The number of nitrogens with one attached hydrogen (secondary N) is 3. The average Bonchev–Trinajstić information content (AvgIpc) is 3.66. The normalized spacial score (nSPS) is 13.5. The number of pyridine rings is 4. The van der Waals surface area contributed by atoms with Gasteiger partial charge in [0.25, 0.3) is 0 Å². The Morgan fingerprint density at radius 2 is 1.02 bits per heavy atom. The second kappa shape index (κ2) is 57.6. The zero-order valence-electron chi connectivity index (χ0n) is 30.9. The molecule has 0 aliphatic carbocycles. The fourth-order valence-corrected chi connectivity index (χ4v) is 5.50. The fourth-order valence-electron chi connectivity index (χ4n) is 3.95. The first kappa shape index (κ1) is 82.3. The van der Waals surface area contributed by atoms with Gasteiger partial charge in [-0.2, -0.15) is 11.8 Å². The summed E-state index contributed by atoms with van der Waals surface area (Å²) in [4.78, 5) is 37.9. The minimum atomic E-state index is -1.37. The van der Waals surface area contributed by atoms with E-state index >= 15 is 0 Å². The van der Waals surface area contributed by atoms with Crippen LogP contribution in [0.3, 0.4) is 0 Å². The molecule has 0 unspecified atom stereocenters. The van der Waals surface area contributed by atoms with E-state index in [4.69, 9.17) is 10.2 Å². The number of urea groups is 1. The summed E-state index contributed by atoms with van der Waals surface area (Å²) in [5.74, 6) is 0.904. The van der Waals surface area contributed by atoms with Gasteiger partial charge in [0.15, 0.2) is 6.29 Å². The van der Waals surface area contributed by atoms with Gasteiger partial charge in [-0.1, -0.05) is 30.7 Å². The molecule has 24 heteroatoms. The molecule has 2 aliphatic rings. The minimum Gasteiger partial charge on any atom is -0.457 e. The molecule has 19 nitrogen and oxygen atoms in total. The predicted molar refractivity (Wildman–Crippen MR) is 211 cm³/mol. The van der Waals surface area contributed by atoms with Crippen LogP contribution in [0.1, 0.15) is 32.1 Å². The van der Waals surface area contributed by atoms with Gasteiger partial charge < -0.3 is 70.0 Å². The van der Waals surface area contributed by atoms with Crippen LogP contribution in [0.25, 0.3) is 0 Å². The number of thioether (sulfide) groups is 1. The standard InChI is InChI=1S/C13H23N3O4S.4C5H5N.4Co.8H2O/c17-10(14-6-5-11(18)19)4-2-1-3-9-12-8(7-21-9)15-13(20)16-12;4*1-2-4-6-5-3-1;;;;;;;;;;;;/h8-9,11-12,18-19H,1-7H2,(H,14,17)(H2,15,16,20);4*1-5H;;;;;8*1H2/p+4/t8-,9-,12-;;;;;;;;;;;;;;;;/m0................/s1. The molecule has 2 aliphatic heterocycles. The molecule has 0 bridgehead atoms. The maximum absolute atomic E-state index is 11.5. The van der Waals surface area contributed by atoms with Gasteiger partial charge in [0.05, 0.1) is 12.1 Å². The van der Waals surface area contributed by atoms with Crippen LogP contribution in [0, 0.1) is 0 Å². The van der Waals surface area contributed by atoms with E-state index in [9.17, 15) is 9.59 Å². The maximum Gasteiger partial charge on any atom is 0.315 e. The number of amides is 3. The van der Waals surface area contributed by atoms with E-state index in [1.165, 1.54) is 0 Å². The van der Waals surface area contributed by atoms with Gasteiger partial charge in [-0.3, -0.25) is 24.7 Å². The van der Waals surface area contributed by atoms with Crippen molar-refractivity contribution in [1.82, 2.24) is 35.9 Å². The second-order valence-corrected chi connectivity index (χ2v) is 10.9. The molecule has 340 valence electrons. The van der Waals surface area contributed by atoms with E-state index in [0.29, 0.717) is 11.7 Å². The molecule has 4 aromatic rings. The van der Waals surface area contributed by atoms with Gasteiger partial charge in [-0.25, -0.2) is 4.79 Å². The van der Waals surface area contributed by atoms with E-state index < -0.39 is 6.29 Å². The molecule has 3 atom stereocenters. The van der Waals surface area contributed by atoms with Crippen molar-refractivity contribution in [3.63, 3.8) is 0 Å². The molecule has 25 N–H and O–H groups in total. The molecule has 6 heterocycles. The number of aromatic nitrogens is 4. The summed E-state index contributed by atoms with van der Waals surface area (Å²) < 4.78 is 0. The number of hydrogen-bond donors (Lipinski definition) is 5. The predicted octanol–water partition coefficient (Wildman–Crippen LogP) is -3.14. The Bertz CT molecular complexity index is 1040. The summed E-state index contributed by atoms with van der Waals surface area (Å²) in [6.45, 7) is 0.288. The van der Waals surface area contributed by atoms with Crippen molar-refractivity contribution < 1.29 is 131 Å².